The number of aryl methyl sites for hydroxylation is 1. The third-order valence-corrected chi connectivity index (χ3v) is 3.75. The summed E-state index contributed by atoms with van der Waals surface area (Å²) < 4.78 is 7.72. The Balaban J connectivity index is 2.12. The molecule has 0 aliphatic rings. The fourth-order valence-electron chi connectivity index (χ4n) is 2.15. The molecule has 0 aliphatic heterocycles. The van der Waals surface area contributed by atoms with Gasteiger partial charge in [0.1, 0.15) is 13.7 Å². The number of aromatic nitrogens is 1. The number of ether oxygens (including phenoxy) is 1. The molecular weight excluding hydrogens is 262 g/mol. The second kappa shape index (κ2) is 5.76. The summed E-state index contributed by atoms with van der Waals surface area (Å²) in [7, 11) is 1.93. The Labute approximate surface area is 126 Å². The molecule has 0 aliphatic carbocycles. The maximum absolute atomic E-state index is 9.91. The number of rotatable bonds is 3. The maximum Gasteiger partial charge on any atom is 0.229 e. The molecule has 0 radical (unpaired) electrons. The minimum Gasteiger partial charge on any atom is -0.504 e. The molecule has 0 saturated heterocycles. The van der Waals surface area contributed by atoms with Gasteiger partial charge in [-0.05, 0) is 16.5 Å². The first-order valence-corrected chi connectivity index (χ1v) is 7.19. The van der Waals surface area contributed by atoms with Gasteiger partial charge >= 0.3 is 0 Å². The first-order chi connectivity index (χ1) is 9.79. The third-order valence-electron chi connectivity index (χ3n) is 3.75. The third kappa shape index (κ3) is 3.54. The van der Waals surface area contributed by atoms with Gasteiger partial charge in [0.15, 0.2) is 11.9 Å². The van der Waals surface area contributed by atoms with Crippen molar-refractivity contribution < 1.29 is 14.4 Å². The summed E-state index contributed by atoms with van der Waals surface area (Å²) in [5.74, 6) is 0.719. The van der Waals surface area contributed by atoms with Crippen molar-refractivity contribution >= 4 is 0 Å². The van der Waals surface area contributed by atoms with Crippen LogP contribution in [0.5, 0.6) is 11.5 Å². The van der Waals surface area contributed by atoms with Crippen molar-refractivity contribution in [2.45, 2.75) is 39.7 Å². The van der Waals surface area contributed by atoms with E-state index in [1.165, 1.54) is 5.56 Å². The van der Waals surface area contributed by atoms with Crippen LogP contribution in [0.3, 0.4) is 0 Å². The average molecular weight is 286 g/mol. The van der Waals surface area contributed by atoms with Gasteiger partial charge in [0.25, 0.3) is 0 Å². The molecule has 1 heterocycles. The van der Waals surface area contributed by atoms with Crippen LogP contribution in [0.25, 0.3) is 0 Å². The Hall–Kier alpha value is -2.03. The molecule has 2 aromatic rings. The van der Waals surface area contributed by atoms with Gasteiger partial charge in [-0.1, -0.05) is 45.0 Å². The van der Waals surface area contributed by atoms with E-state index >= 15 is 0 Å². The van der Waals surface area contributed by atoms with E-state index in [0.29, 0.717) is 12.4 Å². The lowest BCUT2D eigenvalue weighted by molar-refractivity contribution is -0.678. The number of hydrogen-bond acceptors (Lipinski definition) is 2. The highest BCUT2D eigenvalue weighted by molar-refractivity contribution is 5.38. The quantitative estimate of drug-likeness (QED) is 0.877. The number of pyridine rings is 1. The predicted molar refractivity (Wildman–Crippen MR) is 83.5 cm³/mol. The second-order valence-electron chi connectivity index (χ2n) is 6.46. The molecule has 1 aromatic heterocycles. The highest BCUT2D eigenvalue weighted by Crippen LogP contribution is 2.28. The molecule has 0 saturated carbocycles. The van der Waals surface area contributed by atoms with Crippen LogP contribution in [0, 0.1) is 6.92 Å². The minimum absolute atomic E-state index is 0.154. The van der Waals surface area contributed by atoms with Gasteiger partial charge in [0.05, 0.1) is 0 Å². The van der Waals surface area contributed by atoms with Crippen LogP contribution < -0.4 is 9.30 Å². The van der Waals surface area contributed by atoms with Crippen LogP contribution >= 0.6 is 0 Å². The Morgan fingerprint density at radius 1 is 1.10 bits per heavy atom. The van der Waals surface area contributed by atoms with E-state index in [2.05, 4.69) is 45.0 Å². The number of hydrogen-bond donors (Lipinski definition) is 1. The van der Waals surface area contributed by atoms with Crippen molar-refractivity contribution in [2.75, 3.05) is 0 Å². The van der Waals surface area contributed by atoms with Gasteiger partial charge in [0, 0.05) is 13.0 Å². The van der Waals surface area contributed by atoms with Crippen molar-refractivity contribution in [3.05, 3.63) is 53.3 Å². The van der Waals surface area contributed by atoms with Crippen LogP contribution in [-0.4, -0.2) is 5.11 Å². The highest BCUT2D eigenvalue weighted by atomic mass is 16.5. The van der Waals surface area contributed by atoms with E-state index < -0.39 is 0 Å². The largest absolute Gasteiger partial charge is 0.504 e. The summed E-state index contributed by atoms with van der Waals surface area (Å²) in [5.41, 5.74) is 3.45. The minimum atomic E-state index is 0.154. The molecule has 0 atom stereocenters. The van der Waals surface area contributed by atoms with E-state index in [-0.39, 0.29) is 11.2 Å². The summed E-state index contributed by atoms with van der Waals surface area (Å²) in [5, 5.41) is 9.91. The molecule has 21 heavy (non-hydrogen) atoms. The van der Waals surface area contributed by atoms with Crippen LogP contribution in [0.2, 0.25) is 0 Å². The molecule has 3 heteroatoms. The average Bonchev–Trinajstić information content (AvgIpc) is 2.43. The number of aromatic hydroxyl groups is 1. The molecule has 3 nitrogen and oxygen atoms in total. The smallest absolute Gasteiger partial charge is 0.229 e. The predicted octanol–water partition coefficient (Wildman–Crippen LogP) is 3.40. The summed E-state index contributed by atoms with van der Waals surface area (Å²) in [6.45, 7) is 8.97. The van der Waals surface area contributed by atoms with Gasteiger partial charge in [-0.2, -0.15) is 0 Å². The first kappa shape index (κ1) is 15.4. The lowest BCUT2D eigenvalue weighted by Crippen LogP contribution is -2.31. The standard InChI is InChI=1S/C18H23NO2/c1-13-17(16(20)10-11-19(13)5)21-12-14-6-8-15(9-7-14)18(2,3)4/h6-11H,12H2,1-5H3/p+1. The molecule has 1 aromatic carbocycles. The summed E-state index contributed by atoms with van der Waals surface area (Å²) >= 11 is 0. The van der Waals surface area contributed by atoms with Gasteiger partial charge in [-0.15, -0.1) is 0 Å². The molecule has 1 N–H and O–H groups in total. The zero-order valence-electron chi connectivity index (χ0n) is 13.5. The maximum atomic E-state index is 9.91. The molecule has 2 rings (SSSR count). The van der Waals surface area contributed by atoms with Crippen molar-refractivity contribution in [1.82, 2.24) is 0 Å². The van der Waals surface area contributed by atoms with Crippen molar-refractivity contribution in [2.24, 2.45) is 7.05 Å². The van der Waals surface area contributed by atoms with Crippen molar-refractivity contribution in [1.29, 1.82) is 0 Å². The Kier molecular flexibility index (Phi) is 4.21. The van der Waals surface area contributed by atoms with Crippen LogP contribution in [0.4, 0.5) is 0 Å². The van der Waals surface area contributed by atoms with E-state index in [0.717, 1.165) is 11.3 Å². The number of benzene rings is 1. The molecule has 0 unspecified atom stereocenters. The summed E-state index contributed by atoms with van der Waals surface area (Å²) in [4.78, 5) is 0. The Morgan fingerprint density at radius 2 is 1.71 bits per heavy atom. The molecule has 0 fully saturated rings. The highest BCUT2D eigenvalue weighted by Gasteiger charge is 2.16. The van der Waals surface area contributed by atoms with Gasteiger partial charge in [-0.3, -0.25) is 0 Å². The van der Waals surface area contributed by atoms with E-state index in [9.17, 15) is 5.11 Å². The fourth-order valence-corrected chi connectivity index (χ4v) is 2.15. The SMILES string of the molecule is Cc1c(OCc2ccc(C(C)(C)C)cc2)c(O)cc[n+]1C. The second-order valence-corrected chi connectivity index (χ2v) is 6.46. The topological polar surface area (TPSA) is 33.3 Å². The zero-order valence-corrected chi connectivity index (χ0v) is 13.5. The summed E-state index contributed by atoms with van der Waals surface area (Å²) in [6, 6.07) is 10.1. The van der Waals surface area contributed by atoms with Crippen LogP contribution in [-0.2, 0) is 19.1 Å². The lowest BCUT2D eigenvalue weighted by atomic mass is 9.87. The molecule has 0 spiro atoms. The zero-order chi connectivity index (χ0) is 15.6. The lowest BCUT2D eigenvalue weighted by Gasteiger charge is -2.19. The summed E-state index contributed by atoms with van der Waals surface area (Å²) in [6.07, 6.45) is 1.82. The monoisotopic (exact) mass is 286 g/mol. The van der Waals surface area contributed by atoms with E-state index in [4.69, 9.17) is 4.74 Å². The van der Waals surface area contributed by atoms with E-state index in [1.807, 2.05) is 24.7 Å². The Morgan fingerprint density at radius 3 is 2.29 bits per heavy atom. The van der Waals surface area contributed by atoms with Gasteiger partial charge in [0.2, 0.25) is 11.4 Å². The first-order valence-electron chi connectivity index (χ1n) is 7.19. The van der Waals surface area contributed by atoms with Gasteiger partial charge < -0.3 is 9.84 Å². The Bertz CT molecular complexity index is 625. The molecular formula is C18H24NO2+. The fraction of sp³-hybridized carbons (Fsp3) is 0.389. The number of nitrogens with zero attached hydrogens (tertiary/aromatic N) is 1. The van der Waals surface area contributed by atoms with Crippen molar-refractivity contribution in [3.8, 4) is 11.5 Å². The van der Waals surface area contributed by atoms with Crippen LogP contribution in [0.15, 0.2) is 36.5 Å². The van der Waals surface area contributed by atoms with Gasteiger partial charge in [-0.25, -0.2) is 4.57 Å². The van der Waals surface area contributed by atoms with E-state index in [1.54, 1.807) is 6.07 Å². The van der Waals surface area contributed by atoms with Crippen LogP contribution in [0.1, 0.15) is 37.6 Å². The van der Waals surface area contributed by atoms with Crippen molar-refractivity contribution in [3.63, 3.8) is 0 Å². The molecule has 0 bridgehead atoms. The molecule has 112 valence electrons. The molecule has 0 amide bonds. The normalized spacial score (nSPS) is 11.5.